The van der Waals surface area contributed by atoms with Gasteiger partial charge in [0.25, 0.3) is 5.91 Å². The number of amides is 1. The molecule has 0 aliphatic rings. The number of nitrogens with two attached hydrogens (primary N) is 1. The molecule has 1 rings (SSSR count). The topological polar surface area (TPSA) is 47.0 Å². The van der Waals surface area contributed by atoms with Crippen molar-refractivity contribution in [1.29, 1.82) is 0 Å². The number of hydrogen-bond acceptors (Lipinski definition) is 2. The van der Waals surface area contributed by atoms with Gasteiger partial charge in [-0.05, 0) is 18.2 Å². The van der Waals surface area contributed by atoms with E-state index < -0.39 is 0 Å². The molecule has 0 saturated carbocycles. The molecule has 0 aliphatic carbocycles. The first-order valence-electron chi connectivity index (χ1n) is 7.10. The van der Waals surface area contributed by atoms with Crippen LogP contribution < -0.4 is 22.7 Å². The van der Waals surface area contributed by atoms with Crippen LogP contribution in [-0.2, 0) is 5.88 Å². The molecule has 20 heavy (non-hydrogen) atoms. The Morgan fingerprint density at radius 3 is 2.65 bits per heavy atom. The zero-order valence-corrected chi connectivity index (χ0v) is 13.8. The zero-order chi connectivity index (χ0) is 13.9. The molecule has 2 N–H and O–H groups in total. The molecule has 1 amide bonds. The van der Waals surface area contributed by atoms with Crippen molar-refractivity contribution < 1.29 is 21.8 Å². The van der Waals surface area contributed by atoms with Crippen molar-refractivity contribution in [3.05, 3.63) is 30.1 Å². The standard InChI is InChI=1S/C15H24N2OS.ClH/c1-2-3-4-5-6-7-11-19-13-17-10-8-9-14(12-17)15(16)18;/h8-10,12H,2-7,11,13H2,1H3,(H-,16,18);1H. The van der Waals surface area contributed by atoms with Gasteiger partial charge in [0.1, 0.15) is 5.56 Å². The number of thioether (sulfide) groups is 1. The SMILES string of the molecule is CCCCCCCCSC[n+]1cccc(C(N)=O)c1.[Cl-]. The number of pyridine rings is 1. The largest absolute Gasteiger partial charge is 1.00 e. The van der Waals surface area contributed by atoms with E-state index in [9.17, 15) is 4.79 Å². The second kappa shape index (κ2) is 12.0. The lowest BCUT2D eigenvalue weighted by Gasteiger charge is -2.00. The number of rotatable bonds is 10. The van der Waals surface area contributed by atoms with Gasteiger partial charge < -0.3 is 18.1 Å². The van der Waals surface area contributed by atoms with Crippen LogP contribution in [0.4, 0.5) is 0 Å². The Bertz CT molecular complexity index is 388. The summed E-state index contributed by atoms with van der Waals surface area (Å²) in [6.45, 7) is 2.24. The highest BCUT2D eigenvalue weighted by atomic mass is 35.5. The van der Waals surface area contributed by atoms with Crippen LogP contribution in [-0.4, -0.2) is 11.7 Å². The average molecular weight is 317 g/mol. The van der Waals surface area contributed by atoms with E-state index in [1.54, 1.807) is 6.07 Å². The lowest BCUT2D eigenvalue weighted by Crippen LogP contribution is -3.00. The third-order valence-corrected chi connectivity index (χ3v) is 4.08. The fourth-order valence-electron chi connectivity index (χ4n) is 1.90. The van der Waals surface area contributed by atoms with Crippen LogP contribution in [0.25, 0.3) is 0 Å². The highest BCUT2D eigenvalue weighted by Gasteiger charge is 2.06. The van der Waals surface area contributed by atoms with E-state index in [4.69, 9.17) is 5.73 Å². The molecule has 0 saturated heterocycles. The molecule has 114 valence electrons. The molecule has 1 aromatic rings. The number of hydrogen-bond donors (Lipinski definition) is 1. The summed E-state index contributed by atoms with van der Waals surface area (Å²) in [7, 11) is 0. The Morgan fingerprint density at radius 2 is 1.95 bits per heavy atom. The zero-order valence-electron chi connectivity index (χ0n) is 12.2. The first-order chi connectivity index (χ1) is 9.24. The van der Waals surface area contributed by atoms with Crippen molar-refractivity contribution in [2.45, 2.75) is 51.3 Å². The predicted octanol–water partition coefficient (Wildman–Crippen LogP) is 0.128. The molecule has 5 heteroatoms. The number of aromatic nitrogens is 1. The molecule has 0 unspecified atom stereocenters. The Balaban J connectivity index is 0.00000361. The number of carbonyl (C=O) groups excluding carboxylic acids is 1. The van der Waals surface area contributed by atoms with Gasteiger partial charge in [0.15, 0.2) is 18.3 Å². The van der Waals surface area contributed by atoms with Crippen LogP contribution in [0.1, 0.15) is 55.8 Å². The minimum absolute atomic E-state index is 0. The summed E-state index contributed by atoms with van der Waals surface area (Å²) in [5, 5.41) is 0. The Labute approximate surface area is 132 Å². The van der Waals surface area contributed by atoms with Crippen molar-refractivity contribution in [2.24, 2.45) is 5.73 Å². The minimum Gasteiger partial charge on any atom is -1.00 e. The second-order valence-corrected chi connectivity index (χ2v) is 5.85. The molecule has 0 atom stereocenters. The molecule has 0 aliphatic heterocycles. The van der Waals surface area contributed by atoms with Crippen molar-refractivity contribution in [3.8, 4) is 0 Å². The van der Waals surface area contributed by atoms with Gasteiger partial charge in [-0.2, -0.15) is 4.57 Å². The molecule has 0 bridgehead atoms. The molecular formula is C15H25ClN2OS. The molecule has 0 radical (unpaired) electrons. The van der Waals surface area contributed by atoms with Gasteiger partial charge in [0.05, 0.1) is 0 Å². The van der Waals surface area contributed by atoms with Crippen LogP contribution in [0, 0.1) is 0 Å². The maximum Gasteiger partial charge on any atom is 0.254 e. The van der Waals surface area contributed by atoms with Gasteiger partial charge in [-0.15, -0.1) is 0 Å². The fourth-order valence-corrected chi connectivity index (χ4v) is 2.81. The Kier molecular flexibility index (Phi) is 11.6. The van der Waals surface area contributed by atoms with E-state index >= 15 is 0 Å². The van der Waals surface area contributed by atoms with Crippen molar-refractivity contribution in [2.75, 3.05) is 5.75 Å². The van der Waals surface area contributed by atoms with Gasteiger partial charge in [-0.1, -0.05) is 50.8 Å². The lowest BCUT2D eigenvalue weighted by atomic mass is 10.1. The van der Waals surface area contributed by atoms with Gasteiger partial charge >= 0.3 is 0 Å². The molecule has 1 heterocycles. The van der Waals surface area contributed by atoms with Crippen molar-refractivity contribution in [1.82, 2.24) is 0 Å². The number of carbonyl (C=O) groups is 1. The average Bonchev–Trinajstić information content (AvgIpc) is 2.42. The summed E-state index contributed by atoms with van der Waals surface area (Å²) in [5.41, 5.74) is 5.83. The Morgan fingerprint density at radius 1 is 1.25 bits per heavy atom. The van der Waals surface area contributed by atoms with Crippen LogP contribution in [0.3, 0.4) is 0 Å². The van der Waals surface area contributed by atoms with E-state index in [2.05, 4.69) is 6.92 Å². The van der Waals surface area contributed by atoms with Crippen LogP contribution in [0.15, 0.2) is 24.5 Å². The Hall–Kier alpha value is -0.740. The smallest absolute Gasteiger partial charge is 0.254 e. The molecule has 0 spiro atoms. The van der Waals surface area contributed by atoms with Gasteiger partial charge in [0.2, 0.25) is 0 Å². The lowest BCUT2D eigenvalue weighted by molar-refractivity contribution is -0.676. The van der Waals surface area contributed by atoms with Crippen molar-refractivity contribution in [3.63, 3.8) is 0 Å². The van der Waals surface area contributed by atoms with Gasteiger partial charge in [0, 0.05) is 6.07 Å². The van der Waals surface area contributed by atoms with E-state index in [1.807, 2.05) is 34.8 Å². The highest BCUT2D eigenvalue weighted by Crippen LogP contribution is 2.09. The van der Waals surface area contributed by atoms with E-state index in [0.717, 1.165) is 5.88 Å². The van der Waals surface area contributed by atoms with Crippen LogP contribution >= 0.6 is 11.8 Å². The predicted molar refractivity (Wildman–Crippen MR) is 81.0 cm³/mol. The number of halogens is 1. The number of nitrogens with zero attached hydrogens (tertiary/aromatic N) is 1. The van der Waals surface area contributed by atoms with Crippen LogP contribution in [0.2, 0.25) is 0 Å². The summed E-state index contributed by atoms with van der Waals surface area (Å²) in [5.74, 6) is 1.70. The summed E-state index contributed by atoms with van der Waals surface area (Å²) in [6, 6.07) is 3.61. The highest BCUT2D eigenvalue weighted by molar-refractivity contribution is 7.98. The summed E-state index contributed by atoms with van der Waals surface area (Å²) in [4.78, 5) is 11.1. The summed E-state index contributed by atoms with van der Waals surface area (Å²) < 4.78 is 2.02. The first-order valence-corrected chi connectivity index (χ1v) is 8.26. The first kappa shape index (κ1) is 19.3. The van der Waals surface area contributed by atoms with Gasteiger partial charge in [-0.3, -0.25) is 4.79 Å². The third kappa shape index (κ3) is 8.43. The maximum atomic E-state index is 11.1. The minimum atomic E-state index is -0.365. The number of primary amides is 1. The maximum absolute atomic E-state index is 11.1. The normalized spacial score (nSPS) is 10.1. The molecule has 0 aromatic carbocycles. The van der Waals surface area contributed by atoms with Crippen molar-refractivity contribution >= 4 is 17.7 Å². The van der Waals surface area contributed by atoms with E-state index in [1.165, 1.54) is 44.3 Å². The molecular weight excluding hydrogens is 292 g/mol. The summed E-state index contributed by atoms with van der Waals surface area (Å²) in [6.07, 6.45) is 11.8. The number of unbranched alkanes of at least 4 members (excludes halogenated alkanes) is 5. The molecule has 0 fully saturated rings. The summed E-state index contributed by atoms with van der Waals surface area (Å²) >= 11 is 1.90. The molecule has 3 nitrogen and oxygen atoms in total. The second-order valence-electron chi connectivity index (χ2n) is 4.78. The van der Waals surface area contributed by atoms with E-state index in [-0.39, 0.29) is 18.3 Å². The quantitative estimate of drug-likeness (QED) is 0.493. The van der Waals surface area contributed by atoms with E-state index in [0.29, 0.717) is 5.56 Å². The monoisotopic (exact) mass is 316 g/mol. The fraction of sp³-hybridized carbons (Fsp3) is 0.600. The molecule has 1 aromatic heterocycles. The van der Waals surface area contributed by atoms with Gasteiger partial charge in [-0.25, -0.2) is 0 Å². The van der Waals surface area contributed by atoms with Crippen LogP contribution in [0.5, 0.6) is 0 Å². The third-order valence-electron chi connectivity index (χ3n) is 3.03.